The Bertz CT molecular complexity index is 651. The average Bonchev–Trinajstić information content (AvgIpc) is 3.00. The highest BCUT2D eigenvalue weighted by atomic mass is 19.1. The number of benzene rings is 1. The van der Waals surface area contributed by atoms with Gasteiger partial charge in [0.05, 0.1) is 5.56 Å². The maximum absolute atomic E-state index is 13.9. The Morgan fingerprint density at radius 3 is 2.68 bits per heavy atom. The largest absolute Gasteiger partial charge is 0.481 e. The lowest BCUT2D eigenvalue weighted by Gasteiger charge is -2.15. The number of halogens is 1. The molecule has 8 heteroatoms. The summed E-state index contributed by atoms with van der Waals surface area (Å²) in [6.07, 6.45) is 3.02. The van der Waals surface area contributed by atoms with E-state index in [9.17, 15) is 18.8 Å². The summed E-state index contributed by atoms with van der Waals surface area (Å²) in [4.78, 5) is 35.7. The summed E-state index contributed by atoms with van der Waals surface area (Å²) < 4.78 is 13.9. The number of aliphatic carboxylic acids is 1. The van der Waals surface area contributed by atoms with Crippen LogP contribution in [0, 0.1) is 5.82 Å². The Hall–Kier alpha value is -2.64. The summed E-state index contributed by atoms with van der Waals surface area (Å²) in [5.41, 5.74) is 0.387. The molecule has 1 aliphatic heterocycles. The van der Waals surface area contributed by atoms with Crippen LogP contribution in [0.1, 0.15) is 42.5 Å². The van der Waals surface area contributed by atoms with E-state index in [4.69, 9.17) is 5.11 Å². The molecule has 1 saturated heterocycles. The van der Waals surface area contributed by atoms with Crippen LogP contribution in [0.2, 0.25) is 0 Å². The zero-order chi connectivity index (χ0) is 18.2. The fraction of sp³-hybridized carbons (Fsp3) is 0.471. The Labute approximate surface area is 145 Å². The molecule has 1 aliphatic rings. The van der Waals surface area contributed by atoms with Gasteiger partial charge >= 0.3 is 12.0 Å². The second-order valence-corrected chi connectivity index (χ2v) is 5.86. The molecule has 7 nitrogen and oxygen atoms in total. The number of carbonyl (C=O) groups is 3. The maximum atomic E-state index is 13.9. The Balaban J connectivity index is 1.82. The SMILES string of the molecule is O=C(O)CCCCCCNC(=O)c1cc(N2CCNC2=O)ccc1F. The van der Waals surface area contributed by atoms with E-state index in [0.717, 1.165) is 12.8 Å². The van der Waals surface area contributed by atoms with Crippen LogP contribution in [0.4, 0.5) is 14.9 Å². The molecular weight excluding hydrogens is 329 g/mol. The molecule has 1 aromatic rings. The van der Waals surface area contributed by atoms with Crippen LogP contribution in [0.25, 0.3) is 0 Å². The molecule has 1 heterocycles. The number of carboxylic acid groups (broad SMARTS) is 1. The predicted molar refractivity (Wildman–Crippen MR) is 90.2 cm³/mol. The first-order valence-corrected chi connectivity index (χ1v) is 8.34. The monoisotopic (exact) mass is 351 g/mol. The third-order valence-electron chi connectivity index (χ3n) is 3.97. The van der Waals surface area contributed by atoms with Crippen molar-refractivity contribution in [2.75, 3.05) is 24.5 Å². The van der Waals surface area contributed by atoms with Gasteiger partial charge < -0.3 is 15.7 Å². The van der Waals surface area contributed by atoms with E-state index in [-0.39, 0.29) is 18.0 Å². The molecule has 0 unspecified atom stereocenters. The van der Waals surface area contributed by atoms with Crippen LogP contribution in [0.3, 0.4) is 0 Å². The Morgan fingerprint density at radius 2 is 2.00 bits per heavy atom. The fourth-order valence-corrected chi connectivity index (χ4v) is 2.63. The molecule has 3 N–H and O–H groups in total. The number of hydrogen-bond acceptors (Lipinski definition) is 3. The summed E-state index contributed by atoms with van der Waals surface area (Å²) in [6, 6.07) is 3.77. The predicted octanol–water partition coefficient (Wildman–Crippen LogP) is 2.12. The maximum Gasteiger partial charge on any atom is 0.321 e. The van der Waals surface area contributed by atoms with Gasteiger partial charge in [-0.25, -0.2) is 9.18 Å². The average molecular weight is 351 g/mol. The standard InChI is InChI=1S/C17H22FN3O4/c18-14-7-6-12(21-10-9-20-17(21)25)11-13(14)16(24)19-8-4-2-1-3-5-15(22)23/h6-7,11H,1-5,8-10H2,(H,19,24)(H,20,25)(H,22,23). The van der Waals surface area contributed by atoms with E-state index in [1.165, 1.54) is 23.1 Å². The molecule has 25 heavy (non-hydrogen) atoms. The van der Waals surface area contributed by atoms with E-state index >= 15 is 0 Å². The number of amides is 3. The van der Waals surface area contributed by atoms with Crippen molar-refractivity contribution >= 4 is 23.6 Å². The minimum absolute atomic E-state index is 0.0944. The van der Waals surface area contributed by atoms with Crippen molar-refractivity contribution in [3.63, 3.8) is 0 Å². The summed E-state index contributed by atoms with van der Waals surface area (Å²) in [6.45, 7) is 1.38. The van der Waals surface area contributed by atoms with Gasteiger partial charge in [-0.3, -0.25) is 14.5 Å². The van der Waals surface area contributed by atoms with Crippen LogP contribution in [0.5, 0.6) is 0 Å². The van der Waals surface area contributed by atoms with Gasteiger partial charge in [0, 0.05) is 31.7 Å². The first kappa shape index (κ1) is 18.7. The van der Waals surface area contributed by atoms with Gasteiger partial charge in [-0.15, -0.1) is 0 Å². The number of nitrogens with one attached hydrogen (secondary N) is 2. The van der Waals surface area contributed by atoms with Crippen LogP contribution in [-0.4, -0.2) is 42.6 Å². The summed E-state index contributed by atoms with van der Waals surface area (Å²) in [7, 11) is 0. The minimum atomic E-state index is -0.810. The molecule has 0 radical (unpaired) electrons. The third kappa shape index (κ3) is 5.44. The van der Waals surface area contributed by atoms with Crippen molar-refractivity contribution in [2.24, 2.45) is 0 Å². The second-order valence-electron chi connectivity index (χ2n) is 5.86. The molecule has 0 aliphatic carbocycles. The molecule has 0 aromatic heterocycles. The number of urea groups is 1. The molecule has 0 bridgehead atoms. The number of hydrogen-bond donors (Lipinski definition) is 3. The molecule has 136 valence electrons. The van der Waals surface area contributed by atoms with Crippen molar-refractivity contribution in [1.82, 2.24) is 10.6 Å². The summed E-state index contributed by atoms with van der Waals surface area (Å²) in [5, 5.41) is 13.8. The first-order chi connectivity index (χ1) is 12.0. The summed E-state index contributed by atoms with van der Waals surface area (Å²) in [5.74, 6) is -1.97. The normalized spacial score (nSPS) is 13.6. The van der Waals surface area contributed by atoms with Crippen LogP contribution in [-0.2, 0) is 4.79 Å². The van der Waals surface area contributed by atoms with Gasteiger partial charge in [-0.2, -0.15) is 0 Å². The highest BCUT2D eigenvalue weighted by Gasteiger charge is 2.23. The third-order valence-corrected chi connectivity index (χ3v) is 3.97. The van der Waals surface area contributed by atoms with Crippen LogP contribution in [0.15, 0.2) is 18.2 Å². The minimum Gasteiger partial charge on any atom is -0.481 e. The number of rotatable bonds is 9. The molecule has 0 saturated carbocycles. The zero-order valence-corrected chi connectivity index (χ0v) is 13.9. The van der Waals surface area contributed by atoms with E-state index in [0.29, 0.717) is 38.2 Å². The van der Waals surface area contributed by atoms with Gasteiger partial charge in [0.25, 0.3) is 5.91 Å². The topological polar surface area (TPSA) is 98.7 Å². The zero-order valence-electron chi connectivity index (χ0n) is 13.9. The number of carboxylic acids is 1. The fourth-order valence-electron chi connectivity index (χ4n) is 2.63. The van der Waals surface area contributed by atoms with E-state index in [1.54, 1.807) is 0 Å². The molecular formula is C17H22FN3O4. The number of anilines is 1. The molecule has 1 aromatic carbocycles. The van der Waals surface area contributed by atoms with Crippen molar-refractivity contribution in [3.8, 4) is 0 Å². The van der Waals surface area contributed by atoms with E-state index < -0.39 is 17.7 Å². The second kappa shape index (κ2) is 9.00. The van der Waals surface area contributed by atoms with Gasteiger partial charge in [0.15, 0.2) is 0 Å². The number of unbranched alkanes of at least 4 members (excludes halogenated alkanes) is 3. The summed E-state index contributed by atoms with van der Waals surface area (Å²) >= 11 is 0. The molecule has 0 spiro atoms. The van der Waals surface area contributed by atoms with Gasteiger partial charge in [-0.05, 0) is 31.0 Å². The highest BCUT2D eigenvalue weighted by molar-refractivity contribution is 5.98. The quantitative estimate of drug-likeness (QED) is 0.594. The van der Waals surface area contributed by atoms with Crippen LogP contribution < -0.4 is 15.5 Å². The highest BCUT2D eigenvalue weighted by Crippen LogP contribution is 2.20. The lowest BCUT2D eigenvalue weighted by atomic mass is 10.1. The van der Waals surface area contributed by atoms with Gasteiger partial charge in [-0.1, -0.05) is 12.8 Å². The van der Waals surface area contributed by atoms with Crippen molar-refractivity contribution < 1.29 is 23.9 Å². The lowest BCUT2D eigenvalue weighted by molar-refractivity contribution is -0.137. The van der Waals surface area contributed by atoms with Crippen molar-refractivity contribution in [3.05, 3.63) is 29.6 Å². The van der Waals surface area contributed by atoms with Crippen LogP contribution >= 0.6 is 0 Å². The molecule has 1 fully saturated rings. The smallest absolute Gasteiger partial charge is 0.321 e. The first-order valence-electron chi connectivity index (χ1n) is 8.34. The molecule has 3 amide bonds. The number of carbonyl (C=O) groups excluding carboxylic acids is 2. The lowest BCUT2D eigenvalue weighted by Crippen LogP contribution is -2.29. The van der Waals surface area contributed by atoms with Crippen molar-refractivity contribution in [1.29, 1.82) is 0 Å². The number of nitrogens with zero attached hydrogens (tertiary/aromatic N) is 1. The molecule has 2 rings (SSSR count). The van der Waals surface area contributed by atoms with Gasteiger partial charge in [0.1, 0.15) is 5.82 Å². The Kier molecular flexibility index (Phi) is 6.73. The van der Waals surface area contributed by atoms with E-state index in [2.05, 4.69) is 10.6 Å². The Morgan fingerprint density at radius 1 is 1.24 bits per heavy atom. The van der Waals surface area contributed by atoms with Gasteiger partial charge in [0.2, 0.25) is 0 Å². The molecule has 0 atom stereocenters. The van der Waals surface area contributed by atoms with Crippen molar-refractivity contribution in [2.45, 2.75) is 32.1 Å². The van der Waals surface area contributed by atoms with E-state index in [1.807, 2.05) is 0 Å².